The lowest BCUT2D eigenvalue weighted by molar-refractivity contribution is -0.144. The van der Waals surface area contributed by atoms with Gasteiger partial charge in [-0.3, -0.25) is 9.78 Å². The van der Waals surface area contributed by atoms with Crippen LogP contribution < -0.4 is 10.1 Å². The predicted molar refractivity (Wildman–Crippen MR) is 87.7 cm³/mol. The molecule has 1 fully saturated rings. The van der Waals surface area contributed by atoms with E-state index in [9.17, 15) is 9.59 Å². The molecule has 1 N–H and O–H groups in total. The quantitative estimate of drug-likeness (QED) is 0.852. The molecule has 0 aliphatic heterocycles. The Bertz CT molecular complexity index is 767. The lowest BCUT2D eigenvalue weighted by Crippen LogP contribution is -2.43. The Morgan fingerprint density at radius 3 is 2.54 bits per heavy atom. The zero-order valence-electron chi connectivity index (χ0n) is 13.5. The fourth-order valence-electron chi connectivity index (χ4n) is 2.47. The molecule has 0 spiro atoms. The van der Waals surface area contributed by atoms with Gasteiger partial charge in [0.05, 0.1) is 25.5 Å². The highest BCUT2D eigenvalue weighted by atomic mass is 16.5. The molecule has 0 saturated heterocycles. The van der Waals surface area contributed by atoms with Gasteiger partial charge in [-0.2, -0.15) is 0 Å². The van der Waals surface area contributed by atoms with Gasteiger partial charge in [-0.1, -0.05) is 12.1 Å². The Morgan fingerprint density at radius 2 is 1.96 bits per heavy atom. The van der Waals surface area contributed by atoms with Crippen molar-refractivity contribution in [1.29, 1.82) is 0 Å². The first-order valence-corrected chi connectivity index (χ1v) is 7.59. The Kier molecular flexibility index (Phi) is 4.20. The van der Waals surface area contributed by atoms with Gasteiger partial charge >= 0.3 is 5.97 Å². The summed E-state index contributed by atoms with van der Waals surface area (Å²) < 4.78 is 9.93. The number of amides is 1. The maximum atomic E-state index is 12.3. The fraction of sp³-hybridized carbons (Fsp3) is 0.278. The number of esters is 1. The summed E-state index contributed by atoms with van der Waals surface area (Å²) in [7, 11) is 2.92. The molecule has 6 heteroatoms. The molecule has 1 aromatic carbocycles. The summed E-state index contributed by atoms with van der Waals surface area (Å²) in [6.45, 7) is 0. The molecule has 124 valence electrons. The van der Waals surface area contributed by atoms with Crippen molar-refractivity contribution in [2.45, 2.75) is 18.4 Å². The second-order valence-electron chi connectivity index (χ2n) is 5.69. The molecule has 6 nitrogen and oxygen atoms in total. The first-order valence-electron chi connectivity index (χ1n) is 7.59. The number of ether oxygens (including phenoxy) is 2. The first kappa shape index (κ1) is 16.0. The molecule has 1 amide bonds. The SMILES string of the molecule is COC(=O)C1(NC(=O)c2ccc(-c3cccc(OC)c3)nc2)CC1. The molecule has 3 rings (SSSR count). The summed E-state index contributed by atoms with van der Waals surface area (Å²) in [5.74, 6) is 0.00396. The van der Waals surface area contributed by atoms with E-state index in [0.29, 0.717) is 18.4 Å². The number of hydrogen-bond donors (Lipinski definition) is 1. The van der Waals surface area contributed by atoms with E-state index in [2.05, 4.69) is 10.3 Å². The number of hydrogen-bond acceptors (Lipinski definition) is 5. The average molecular weight is 326 g/mol. The highest BCUT2D eigenvalue weighted by Crippen LogP contribution is 2.36. The summed E-state index contributed by atoms with van der Waals surface area (Å²) in [5.41, 5.74) is 1.17. The predicted octanol–water partition coefficient (Wildman–Crippen LogP) is 2.19. The molecule has 2 aromatic rings. The van der Waals surface area contributed by atoms with Crippen LogP contribution in [0.2, 0.25) is 0 Å². The van der Waals surface area contributed by atoms with Gasteiger partial charge in [0.1, 0.15) is 11.3 Å². The van der Waals surface area contributed by atoms with Crippen molar-refractivity contribution in [2.75, 3.05) is 14.2 Å². The number of methoxy groups -OCH3 is 2. The molecule has 24 heavy (non-hydrogen) atoms. The average Bonchev–Trinajstić information content (AvgIpc) is 3.41. The van der Waals surface area contributed by atoms with Gasteiger partial charge in [-0.25, -0.2) is 4.79 Å². The Hall–Kier alpha value is -2.89. The van der Waals surface area contributed by atoms with Gasteiger partial charge in [0.15, 0.2) is 0 Å². The monoisotopic (exact) mass is 326 g/mol. The summed E-state index contributed by atoms with van der Waals surface area (Å²) in [4.78, 5) is 28.3. The highest BCUT2D eigenvalue weighted by molar-refractivity contribution is 5.99. The Morgan fingerprint density at radius 1 is 1.17 bits per heavy atom. The maximum Gasteiger partial charge on any atom is 0.331 e. The van der Waals surface area contributed by atoms with Gasteiger partial charge < -0.3 is 14.8 Å². The van der Waals surface area contributed by atoms with Crippen LogP contribution in [-0.2, 0) is 9.53 Å². The zero-order chi connectivity index (χ0) is 17.2. The minimum atomic E-state index is -0.864. The van der Waals surface area contributed by atoms with E-state index in [1.807, 2.05) is 24.3 Å². The van der Waals surface area contributed by atoms with Crippen LogP contribution in [0.25, 0.3) is 11.3 Å². The molecule has 1 saturated carbocycles. The van der Waals surface area contributed by atoms with Crippen LogP contribution in [0.3, 0.4) is 0 Å². The minimum Gasteiger partial charge on any atom is -0.497 e. The highest BCUT2D eigenvalue weighted by Gasteiger charge is 2.52. The standard InChI is InChI=1S/C18H18N2O4/c1-23-14-5-3-4-12(10-14)15-7-6-13(11-19-15)16(21)20-18(8-9-18)17(22)24-2/h3-7,10-11H,8-9H2,1-2H3,(H,20,21). The van der Waals surface area contributed by atoms with Gasteiger partial charge in [0.2, 0.25) is 0 Å². The molecule has 1 aliphatic rings. The van der Waals surface area contributed by atoms with E-state index >= 15 is 0 Å². The van der Waals surface area contributed by atoms with Gasteiger partial charge in [0.25, 0.3) is 5.91 Å². The summed E-state index contributed by atoms with van der Waals surface area (Å²) in [6, 6.07) is 11.0. The van der Waals surface area contributed by atoms with Crippen molar-refractivity contribution in [1.82, 2.24) is 10.3 Å². The van der Waals surface area contributed by atoms with Gasteiger partial charge in [-0.15, -0.1) is 0 Å². The summed E-state index contributed by atoms with van der Waals surface area (Å²) in [6.07, 6.45) is 2.69. The lowest BCUT2D eigenvalue weighted by Gasteiger charge is -2.14. The zero-order valence-corrected chi connectivity index (χ0v) is 13.5. The van der Waals surface area contributed by atoms with E-state index in [1.54, 1.807) is 19.2 Å². The third-order valence-corrected chi connectivity index (χ3v) is 4.07. The fourth-order valence-corrected chi connectivity index (χ4v) is 2.47. The van der Waals surface area contributed by atoms with Crippen molar-refractivity contribution >= 4 is 11.9 Å². The second-order valence-corrected chi connectivity index (χ2v) is 5.69. The number of rotatable bonds is 5. The van der Waals surface area contributed by atoms with Crippen LogP contribution >= 0.6 is 0 Å². The number of carbonyl (C=O) groups is 2. The molecule has 0 radical (unpaired) electrons. The molecule has 0 atom stereocenters. The van der Waals surface area contributed by atoms with Crippen molar-refractivity contribution < 1.29 is 19.1 Å². The van der Waals surface area contributed by atoms with E-state index in [1.165, 1.54) is 13.3 Å². The number of nitrogens with one attached hydrogen (secondary N) is 1. The number of aromatic nitrogens is 1. The van der Waals surface area contributed by atoms with Crippen molar-refractivity contribution in [3.8, 4) is 17.0 Å². The number of pyridine rings is 1. The van der Waals surface area contributed by atoms with Crippen LogP contribution in [0.4, 0.5) is 0 Å². The van der Waals surface area contributed by atoms with E-state index in [4.69, 9.17) is 9.47 Å². The molecule has 0 unspecified atom stereocenters. The van der Waals surface area contributed by atoms with Crippen molar-refractivity contribution in [3.05, 3.63) is 48.2 Å². The van der Waals surface area contributed by atoms with Gasteiger partial charge in [-0.05, 0) is 37.1 Å². The smallest absolute Gasteiger partial charge is 0.331 e. The Labute approximate surface area is 139 Å². The Balaban J connectivity index is 1.74. The number of nitrogens with zero attached hydrogens (tertiary/aromatic N) is 1. The molecule has 0 bridgehead atoms. The summed E-state index contributed by atoms with van der Waals surface area (Å²) in [5, 5.41) is 2.74. The van der Waals surface area contributed by atoms with E-state index in [0.717, 1.165) is 17.0 Å². The van der Waals surface area contributed by atoms with E-state index in [-0.39, 0.29) is 5.91 Å². The van der Waals surface area contributed by atoms with E-state index < -0.39 is 11.5 Å². The van der Waals surface area contributed by atoms with Crippen LogP contribution in [-0.4, -0.2) is 36.6 Å². The third kappa shape index (κ3) is 3.08. The number of benzene rings is 1. The summed E-state index contributed by atoms with van der Waals surface area (Å²) >= 11 is 0. The third-order valence-electron chi connectivity index (χ3n) is 4.07. The molecular weight excluding hydrogens is 308 g/mol. The van der Waals surface area contributed by atoms with Crippen LogP contribution in [0.5, 0.6) is 5.75 Å². The normalized spacial score (nSPS) is 14.6. The molecule has 1 aliphatic carbocycles. The largest absolute Gasteiger partial charge is 0.497 e. The molecular formula is C18H18N2O4. The lowest BCUT2D eigenvalue weighted by atomic mass is 10.1. The van der Waals surface area contributed by atoms with Crippen LogP contribution in [0.15, 0.2) is 42.6 Å². The van der Waals surface area contributed by atoms with Crippen molar-refractivity contribution in [2.24, 2.45) is 0 Å². The second kappa shape index (κ2) is 6.31. The van der Waals surface area contributed by atoms with Crippen LogP contribution in [0.1, 0.15) is 23.2 Å². The van der Waals surface area contributed by atoms with Crippen LogP contribution in [0, 0.1) is 0 Å². The first-order chi connectivity index (χ1) is 11.6. The maximum absolute atomic E-state index is 12.3. The van der Waals surface area contributed by atoms with Gasteiger partial charge in [0, 0.05) is 11.8 Å². The minimum absolute atomic E-state index is 0.331. The van der Waals surface area contributed by atoms with Crippen molar-refractivity contribution in [3.63, 3.8) is 0 Å². The molecule has 1 heterocycles. The number of carbonyl (C=O) groups excluding carboxylic acids is 2. The molecule has 1 aromatic heterocycles. The topological polar surface area (TPSA) is 77.5 Å².